The standard InChI is InChI=1S/C57H71F3N8O7/c1-35(2)48(66-27-23-56(53(66)73)22-26-65(32-56)46(69)20-21-55(6,7)64(8)9)50(70)62-44-29-37-14-11-15-38(28-37)39-18-19-45-41(30-39)42(31-54(4,5)34-75-52(72)43-17-13-25-68(63-43)51(44)71)49(67(45)33-57(58,59)60)40-16-12-24-61-47(40)36(3)74-10/h11-12,14-16,18-19,24,28,30,35-36,43-44,48,63H,13,17,22-23,25-27,29,31-34H2,1-10H3,(H,62,70)/t36-,43-,44-,48?,56-/m0/s1. The van der Waals surface area contributed by atoms with Crippen LogP contribution in [0.25, 0.3) is 33.3 Å². The molecule has 0 radical (unpaired) electrons. The van der Waals surface area contributed by atoms with Gasteiger partial charge in [0.15, 0.2) is 0 Å². The van der Waals surface area contributed by atoms with E-state index in [1.54, 1.807) is 47.2 Å². The van der Waals surface area contributed by atoms with Crippen molar-refractivity contribution in [3.05, 3.63) is 77.6 Å². The maximum absolute atomic E-state index is 14.9. The van der Waals surface area contributed by atoms with Crippen LogP contribution in [0.2, 0.25) is 0 Å². The number of aromatic nitrogens is 2. The fourth-order valence-electron chi connectivity index (χ4n) is 11.0. The minimum atomic E-state index is -4.60. The molecule has 6 bridgehead atoms. The SMILES string of the molecule is CO[C@@H](C)c1ncccc1-c1c2c3cc(ccc3n1CC(F)(F)F)-c1cccc(c1)C[C@H](NC(=O)C(C(C)C)N1CC[C@]3(CCN(C(=O)C#CC(C)(C)N(C)C)C3)C1=O)C(=O)N1CCC[C@H](N1)C(=O)OCC(C)(C)C2. The van der Waals surface area contributed by atoms with Gasteiger partial charge in [-0.1, -0.05) is 63.9 Å². The molecular formula is C57H71F3N8O7. The number of esters is 1. The minimum absolute atomic E-state index is 0.0202. The molecule has 1 unspecified atom stereocenters. The third-order valence-corrected chi connectivity index (χ3v) is 15.7. The Bertz CT molecular complexity index is 2920. The van der Waals surface area contributed by atoms with E-state index in [1.165, 1.54) is 16.7 Å². The highest BCUT2D eigenvalue weighted by Crippen LogP contribution is 2.44. The molecule has 3 saturated heterocycles. The Kier molecular flexibility index (Phi) is 15.7. The summed E-state index contributed by atoms with van der Waals surface area (Å²) in [7, 11) is 5.30. The Morgan fingerprint density at radius 2 is 1.73 bits per heavy atom. The van der Waals surface area contributed by atoms with Crippen LogP contribution in [0.15, 0.2) is 60.8 Å². The quantitative estimate of drug-likeness (QED) is 0.131. The average molecular weight is 1040 g/mol. The van der Waals surface area contributed by atoms with Crippen LogP contribution in [0.4, 0.5) is 13.2 Å². The number of carbonyl (C=O) groups excluding carboxylic acids is 5. The first-order valence-corrected chi connectivity index (χ1v) is 26.0. The number of methoxy groups -OCH3 is 1. The molecule has 1 spiro atoms. The van der Waals surface area contributed by atoms with Gasteiger partial charge in [-0.05, 0) is 125 Å². The fourth-order valence-corrected chi connectivity index (χ4v) is 11.0. The van der Waals surface area contributed by atoms with E-state index in [0.29, 0.717) is 76.8 Å². The number of nitrogens with zero attached hydrogens (tertiary/aromatic N) is 6. The number of carbonyl (C=O) groups is 5. The van der Waals surface area contributed by atoms with Gasteiger partial charge in [0.2, 0.25) is 11.8 Å². The molecular weight excluding hydrogens is 966 g/mol. The van der Waals surface area contributed by atoms with Gasteiger partial charge in [-0.25, -0.2) is 5.43 Å². The van der Waals surface area contributed by atoms with Crippen molar-refractivity contribution in [1.29, 1.82) is 0 Å². The van der Waals surface area contributed by atoms with Crippen LogP contribution < -0.4 is 10.7 Å². The lowest BCUT2D eigenvalue weighted by atomic mass is 9.84. The normalized spacial score (nSPS) is 22.3. The Balaban J connectivity index is 1.16. The molecule has 3 fully saturated rings. The number of rotatable bonds is 9. The van der Waals surface area contributed by atoms with Crippen molar-refractivity contribution in [2.75, 3.05) is 54.0 Å². The zero-order chi connectivity index (χ0) is 54.4. The summed E-state index contributed by atoms with van der Waals surface area (Å²) in [6.07, 6.45) is -1.63. The molecule has 5 atom stereocenters. The van der Waals surface area contributed by atoms with Crippen LogP contribution in [0.5, 0.6) is 0 Å². The number of fused-ring (bicyclic) bond motifs is 6. The first-order valence-electron chi connectivity index (χ1n) is 26.0. The number of hydrogen-bond acceptors (Lipinski definition) is 10. The van der Waals surface area contributed by atoms with E-state index in [2.05, 4.69) is 27.6 Å². The molecule has 4 aliphatic heterocycles. The van der Waals surface area contributed by atoms with Gasteiger partial charge in [-0.2, -0.15) is 13.2 Å². The summed E-state index contributed by atoms with van der Waals surface area (Å²) in [6, 6.07) is 13.3. The Labute approximate surface area is 437 Å². The van der Waals surface area contributed by atoms with Crippen molar-refractivity contribution in [2.24, 2.45) is 16.7 Å². The van der Waals surface area contributed by atoms with Crippen LogP contribution in [-0.2, 0) is 52.8 Å². The lowest BCUT2D eigenvalue weighted by Gasteiger charge is -2.37. The smallest absolute Gasteiger partial charge is 0.406 e. The van der Waals surface area contributed by atoms with E-state index in [-0.39, 0.29) is 56.8 Å². The largest absolute Gasteiger partial charge is 0.464 e. The highest BCUT2D eigenvalue weighted by atomic mass is 19.4. The first-order chi connectivity index (χ1) is 35.3. The van der Waals surface area contributed by atoms with Gasteiger partial charge in [-0.15, -0.1) is 0 Å². The Morgan fingerprint density at radius 1 is 1.00 bits per heavy atom. The summed E-state index contributed by atoms with van der Waals surface area (Å²) in [4.78, 5) is 81.4. The van der Waals surface area contributed by atoms with E-state index >= 15 is 0 Å². The molecule has 2 aromatic heterocycles. The summed E-state index contributed by atoms with van der Waals surface area (Å²) < 4.78 is 57.3. The summed E-state index contributed by atoms with van der Waals surface area (Å²) in [5.41, 5.74) is 5.27. The monoisotopic (exact) mass is 1040 g/mol. The zero-order valence-corrected chi connectivity index (χ0v) is 44.8. The average Bonchev–Trinajstić information content (AvgIpc) is 4.03. The highest BCUT2D eigenvalue weighted by molar-refractivity contribution is 5.98. The number of cyclic esters (lactones) is 1. The molecule has 15 nitrogen and oxygen atoms in total. The van der Waals surface area contributed by atoms with Crippen molar-refractivity contribution in [2.45, 2.75) is 129 Å². The molecule has 0 saturated carbocycles. The number of pyridine rings is 1. The third kappa shape index (κ3) is 11.6. The first kappa shape index (κ1) is 55.0. The van der Waals surface area contributed by atoms with Crippen LogP contribution in [-0.4, -0.2) is 143 Å². The van der Waals surface area contributed by atoms with Gasteiger partial charge in [-0.3, -0.25) is 38.9 Å². The number of halogens is 3. The van der Waals surface area contributed by atoms with Gasteiger partial charge in [0, 0.05) is 67.8 Å². The lowest BCUT2D eigenvalue weighted by Crippen LogP contribution is -2.62. The third-order valence-electron chi connectivity index (χ3n) is 15.7. The van der Waals surface area contributed by atoms with Crippen molar-refractivity contribution in [1.82, 2.24) is 40.0 Å². The van der Waals surface area contributed by atoms with Crippen molar-refractivity contribution >= 4 is 40.5 Å². The molecule has 402 valence electrons. The molecule has 8 rings (SSSR count). The van der Waals surface area contributed by atoms with Gasteiger partial charge in [0.25, 0.3) is 11.8 Å². The summed E-state index contributed by atoms with van der Waals surface area (Å²) in [5, 5.41) is 5.00. The Hall–Kier alpha value is -6.29. The van der Waals surface area contributed by atoms with E-state index in [0.717, 1.165) is 5.56 Å². The predicted molar refractivity (Wildman–Crippen MR) is 278 cm³/mol. The second-order valence-electron chi connectivity index (χ2n) is 22.7. The van der Waals surface area contributed by atoms with E-state index in [1.807, 2.05) is 90.9 Å². The maximum Gasteiger partial charge on any atom is 0.406 e. The number of likely N-dealkylation sites (tertiary alicyclic amines) is 2. The molecule has 6 heterocycles. The van der Waals surface area contributed by atoms with Crippen LogP contribution >= 0.6 is 0 Å². The zero-order valence-electron chi connectivity index (χ0n) is 44.8. The molecule has 0 aliphatic carbocycles. The van der Waals surface area contributed by atoms with Gasteiger partial charge < -0.3 is 29.2 Å². The second-order valence-corrected chi connectivity index (χ2v) is 22.7. The molecule has 2 N–H and O–H groups in total. The van der Waals surface area contributed by atoms with Crippen LogP contribution in [0, 0.1) is 28.6 Å². The van der Waals surface area contributed by atoms with Gasteiger partial charge in [0.1, 0.15) is 24.7 Å². The Morgan fingerprint density at radius 3 is 2.44 bits per heavy atom. The van der Waals surface area contributed by atoms with Crippen LogP contribution in [0.3, 0.4) is 0 Å². The number of hydrogen-bond donors (Lipinski definition) is 2. The number of alkyl halides is 3. The summed E-state index contributed by atoms with van der Waals surface area (Å²) >= 11 is 0. The number of ether oxygens (including phenoxy) is 2. The number of benzene rings is 2. The number of amides is 4. The van der Waals surface area contributed by atoms with E-state index in [4.69, 9.17) is 9.47 Å². The lowest BCUT2D eigenvalue weighted by molar-refractivity contribution is -0.155. The molecule has 75 heavy (non-hydrogen) atoms. The van der Waals surface area contributed by atoms with Crippen molar-refractivity contribution in [3.63, 3.8) is 0 Å². The van der Waals surface area contributed by atoms with E-state index < -0.39 is 71.1 Å². The molecule has 4 amide bonds. The van der Waals surface area contributed by atoms with Crippen molar-refractivity contribution < 1.29 is 46.6 Å². The summed E-state index contributed by atoms with van der Waals surface area (Å²) in [5.74, 6) is 3.30. The number of hydrazine groups is 1. The predicted octanol–water partition coefficient (Wildman–Crippen LogP) is 7.11. The molecule has 4 aromatic rings. The number of nitrogens with one attached hydrogen (secondary N) is 2. The van der Waals surface area contributed by atoms with Crippen molar-refractivity contribution in [3.8, 4) is 34.2 Å². The molecule has 2 aromatic carbocycles. The maximum atomic E-state index is 14.9. The molecule has 18 heteroatoms. The fraction of sp³-hybridized carbons (Fsp3) is 0.544. The van der Waals surface area contributed by atoms with Gasteiger partial charge in [0.05, 0.1) is 35.1 Å². The van der Waals surface area contributed by atoms with Crippen LogP contribution in [0.1, 0.15) is 97.1 Å². The van der Waals surface area contributed by atoms with E-state index in [9.17, 15) is 37.1 Å². The minimum Gasteiger partial charge on any atom is -0.464 e. The molecule has 4 aliphatic rings. The topological polar surface area (TPSA) is 159 Å². The van der Waals surface area contributed by atoms with Gasteiger partial charge >= 0.3 is 12.1 Å². The highest BCUT2D eigenvalue weighted by Gasteiger charge is 2.54. The summed E-state index contributed by atoms with van der Waals surface area (Å²) in [6.45, 7) is 12.8. The second kappa shape index (κ2) is 21.4.